The number of aromatic nitrogens is 3. The molecule has 1 N–H and O–H groups in total. The maximum absolute atomic E-state index is 12.5. The van der Waals surface area contributed by atoms with Crippen molar-refractivity contribution < 1.29 is 13.2 Å². The number of alkyl halides is 3. The van der Waals surface area contributed by atoms with Crippen molar-refractivity contribution in [3.63, 3.8) is 0 Å². The Bertz CT molecular complexity index is 548. The van der Waals surface area contributed by atoms with Crippen molar-refractivity contribution in [3.05, 3.63) is 41.9 Å². The first-order valence-electron chi connectivity index (χ1n) is 5.79. The molecule has 0 spiro atoms. The third-order valence-corrected chi connectivity index (χ3v) is 2.49. The van der Waals surface area contributed by atoms with Crippen LogP contribution in [0.5, 0.6) is 0 Å². The maximum Gasteiger partial charge on any atom is 0.419 e. The lowest BCUT2D eigenvalue weighted by atomic mass is 10.3. The van der Waals surface area contributed by atoms with E-state index in [2.05, 4.69) is 15.4 Å². The van der Waals surface area contributed by atoms with Gasteiger partial charge in [-0.25, -0.2) is 9.67 Å². The Balaban J connectivity index is 2.24. The number of nitrogens with one attached hydrogen (secondary N) is 1. The van der Waals surface area contributed by atoms with Gasteiger partial charge < -0.3 is 5.32 Å². The summed E-state index contributed by atoms with van der Waals surface area (Å²) in [6.07, 6.45) is -2.67. The van der Waals surface area contributed by atoms with Gasteiger partial charge in [-0.3, -0.25) is 0 Å². The Labute approximate surface area is 108 Å². The minimum absolute atomic E-state index is 0.367. The fraction of sp³-hybridized carbons (Fsp3) is 0.333. The summed E-state index contributed by atoms with van der Waals surface area (Å²) in [6, 6.07) is 5.16. The van der Waals surface area contributed by atoms with E-state index in [1.807, 2.05) is 6.92 Å². The minimum atomic E-state index is -4.39. The van der Waals surface area contributed by atoms with Gasteiger partial charge >= 0.3 is 6.18 Å². The Hall–Kier alpha value is -1.89. The molecule has 0 aliphatic carbocycles. The van der Waals surface area contributed by atoms with Crippen LogP contribution in [0.3, 0.4) is 0 Å². The van der Waals surface area contributed by atoms with Gasteiger partial charge in [0.2, 0.25) is 0 Å². The predicted octanol–water partition coefficient (Wildman–Crippen LogP) is 2.40. The van der Waals surface area contributed by atoms with Gasteiger partial charge in [-0.2, -0.15) is 18.3 Å². The van der Waals surface area contributed by atoms with Crippen molar-refractivity contribution in [3.8, 4) is 5.82 Å². The fourth-order valence-corrected chi connectivity index (χ4v) is 1.54. The quantitative estimate of drug-likeness (QED) is 0.927. The molecule has 2 rings (SSSR count). The molecule has 7 heteroatoms. The van der Waals surface area contributed by atoms with E-state index in [9.17, 15) is 13.2 Å². The summed E-state index contributed by atoms with van der Waals surface area (Å²) in [7, 11) is 0. The Morgan fingerprint density at radius 3 is 2.74 bits per heavy atom. The summed E-state index contributed by atoms with van der Waals surface area (Å²) in [5, 5.41) is 6.79. The summed E-state index contributed by atoms with van der Waals surface area (Å²) in [5.74, 6) is 0.367. The Morgan fingerprint density at radius 1 is 1.32 bits per heavy atom. The van der Waals surface area contributed by atoms with Crippen molar-refractivity contribution >= 4 is 0 Å². The second kappa shape index (κ2) is 5.40. The highest BCUT2D eigenvalue weighted by atomic mass is 19.4. The van der Waals surface area contributed by atoms with Crippen LogP contribution < -0.4 is 5.32 Å². The standard InChI is InChI=1S/C12H13F3N4/c1-2-16-7-10-4-3-5-11(18-10)19-8-9(6-17-19)12(13,14)15/h3-6,8,16H,2,7H2,1H3. The molecule has 2 aromatic rings. The van der Waals surface area contributed by atoms with Crippen LogP contribution in [0.2, 0.25) is 0 Å². The summed E-state index contributed by atoms with van der Waals surface area (Å²) in [4.78, 5) is 4.25. The minimum Gasteiger partial charge on any atom is -0.311 e. The molecule has 19 heavy (non-hydrogen) atoms. The van der Waals surface area contributed by atoms with Gasteiger partial charge in [0.25, 0.3) is 0 Å². The molecule has 0 aromatic carbocycles. The molecule has 0 atom stereocenters. The van der Waals surface area contributed by atoms with Gasteiger partial charge in [-0.15, -0.1) is 0 Å². The number of nitrogens with zero attached hydrogens (tertiary/aromatic N) is 3. The van der Waals surface area contributed by atoms with Crippen LogP contribution in [0.25, 0.3) is 5.82 Å². The second-order valence-electron chi connectivity index (χ2n) is 3.94. The third kappa shape index (κ3) is 3.31. The average molecular weight is 270 g/mol. The summed E-state index contributed by atoms with van der Waals surface area (Å²) < 4.78 is 38.6. The highest BCUT2D eigenvalue weighted by Gasteiger charge is 2.32. The average Bonchev–Trinajstić information content (AvgIpc) is 2.86. The molecule has 0 amide bonds. The largest absolute Gasteiger partial charge is 0.419 e. The van der Waals surface area contributed by atoms with Crippen LogP contribution in [-0.2, 0) is 12.7 Å². The summed E-state index contributed by atoms with van der Waals surface area (Å²) >= 11 is 0. The number of pyridine rings is 1. The van der Waals surface area contributed by atoms with Gasteiger partial charge in [-0.1, -0.05) is 13.0 Å². The van der Waals surface area contributed by atoms with Crippen molar-refractivity contribution in [1.82, 2.24) is 20.1 Å². The van der Waals surface area contributed by atoms with Gasteiger partial charge in [-0.05, 0) is 18.7 Å². The van der Waals surface area contributed by atoms with E-state index in [0.717, 1.165) is 29.3 Å². The highest BCUT2D eigenvalue weighted by molar-refractivity contribution is 5.25. The SMILES string of the molecule is CCNCc1cccc(-n2cc(C(F)(F)F)cn2)n1. The normalized spacial score (nSPS) is 11.8. The van der Waals surface area contributed by atoms with E-state index in [1.54, 1.807) is 18.2 Å². The molecule has 0 fully saturated rings. The molecule has 0 aliphatic rings. The van der Waals surface area contributed by atoms with Crippen LogP contribution in [0.4, 0.5) is 13.2 Å². The van der Waals surface area contributed by atoms with Crippen LogP contribution in [0.1, 0.15) is 18.2 Å². The van der Waals surface area contributed by atoms with E-state index >= 15 is 0 Å². The molecule has 0 aliphatic heterocycles. The van der Waals surface area contributed by atoms with Crippen LogP contribution >= 0.6 is 0 Å². The first kappa shape index (κ1) is 13.5. The van der Waals surface area contributed by atoms with Crippen molar-refractivity contribution in [2.45, 2.75) is 19.6 Å². The smallest absolute Gasteiger partial charge is 0.311 e. The van der Waals surface area contributed by atoms with E-state index in [-0.39, 0.29) is 0 Å². The number of hydrogen-bond donors (Lipinski definition) is 1. The van der Waals surface area contributed by atoms with Crippen molar-refractivity contribution in [1.29, 1.82) is 0 Å². The molecule has 0 saturated heterocycles. The number of hydrogen-bond acceptors (Lipinski definition) is 3. The van der Waals surface area contributed by atoms with E-state index < -0.39 is 11.7 Å². The molecular weight excluding hydrogens is 257 g/mol. The second-order valence-corrected chi connectivity index (χ2v) is 3.94. The van der Waals surface area contributed by atoms with Crippen molar-refractivity contribution in [2.75, 3.05) is 6.54 Å². The Kier molecular flexibility index (Phi) is 3.84. The lowest BCUT2D eigenvalue weighted by Crippen LogP contribution is -2.13. The third-order valence-electron chi connectivity index (χ3n) is 2.49. The Morgan fingerprint density at radius 2 is 2.11 bits per heavy atom. The lowest BCUT2D eigenvalue weighted by molar-refractivity contribution is -0.137. The molecule has 0 unspecified atom stereocenters. The topological polar surface area (TPSA) is 42.7 Å². The molecule has 0 radical (unpaired) electrons. The summed E-state index contributed by atoms with van der Waals surface area (Å²) in [6.45, 7) is 3.33. The zero-order valence-corrected chi connectivity index (χ0v) is 10.3. The maximum atomic E-state index is 12.5. The fourth-order valence-electron chi connectivity index (χ4n) is 1.54. The van der Waals surface area contributed by atoms with Crippen LogP contribution in [0, 0.1) is 0 Å². The van der Waals surface area contributed by atoms with Gasteiger partial charge in [0.15, 0.2) is 5.82 Å². The monoisotopic (exact) mass is 270 g/mol. The first-order chi connectivity index (χ1) is 9.00. The molecule has 2 heterocycles. The van der Waals surface area contributed by atoms with E-state index in [4.69, 9.17) is 0 Å². The van der Waals surface area contributed by atoms with Gasteiger partial charge in [0, 0.05) is 12.7 Å². The molecule has 102 valence electrons. The summed E-state index contributed by atoms with van der Waals surface area (Å²) in [5.41, 5.74) is -0.0326. The molecule has 0 bridgehead atoms. The van der Waals surface area contributed by atoms with Gasteiger partial charge in [0.1, 0.15) is 0 Å². The van der Waals surface area contributed by atoms with Crippen LogP contribution in [0.15, 0.2) is 30.6 Å². The molecule has 2 aromatic heterocycles. The molecular formula is C12H13F3N4. The number of rotatable bonds is 4. The van der Waals surface area contributed by atoms with Crippen LogP contribution in [-0.4, -0.2) is 21.3 Å². The zero-order valence-electron chi connectivity index (χ0n) is 10.3. The first-order valence-corrected chi connectivity index (χ1v) is 5.79. The van der Waals surface area contributed by atoms with Crippen molar-refractivity contribution in [2.24, 2.45) is 0 Å². The number of halogens is 3. The van der Waals surface area contributed by atoms with Gasteiger partial charge in [0.05, 0.1) is 17.5 Å². The highest BCUT2D eigenvalue weighted by Crippen LogP contribution is 2.28. The zero-order chi connectivity index (χ0) is 13.9. The van der Waals surface area contributed by atoms with E-state index in [0.29, 0.717) is 12.4 Å². The van der Waals surface area contributed by atoms with E-state index in [1.165, 1.54) is 0 Å². The lowest BCUT2D eigenvalue weighted by Gasteiger charge is -2.05. The molecule has 4 nitrogen and oxygen atoms in total. The molecule has 0 saturated carbocycles. The predicted molar refractivity (Wildman–Crippen MR) is 63.7 cm³/mol.